The van der Waals surface area contributed by atoms with Crippen LogP contribution in [0.15, 0.2) is 78.9 Å². The van der Waals surface area contributed by atoms with E-state index in [4.69, 9.17) is 27.9 Å². The molecule has 154 valence electrons. The highest BCUT2D eigenvalue weighted by molar-refractivity contribution is 6.42. The normalized spacial score (nSPS) is 11.5. The number of halogens is 2. The molecular formula is C24H21Cl2NO3. The maximum atomic E-state index is 12.4. The van der Waals surface area contributed by atoms with E-state index in [0.29, 0.717) is 34.1 Å². The fourth-order valence-corrected chi connectivity index (χ4v) is 3.32. The molecule has 3 rings (SSSR count). The Kier molecular flexibility index (Phi) is 7.89. The molecule has 30 heavy (non-hydrogen) atoms. The van der Waals surface area contributed by atoms with Crippen molar-refractivity contribution in [2.75, 3.05) is 13.2 Å². The van der Waals surface area contributed by atoms with E-state index in [1.165, 1.54) is 0 Å². The predicted molar refractivity (Wildman–Crippen MR) is 119 cm³/mol. The predicted octanol–water partition coefficient (Wildman–Crippen LogP) is 5.75. The number of hydrogen-bond acceptors (Lipinski definition) is 3. The number of carbonyl (C=O) groups is 2. The van der Waals surface area contributed by atoms with Crippen LogP contribution >= 0.6 is 23.2 Å². The van der Waals surface area contributed by atoms with E-state index in [-0.39, 0.29) is 24.4 Å². The molecule has 3 aromatic rings. The van der Waals surface area contributed by atoms with E-state index in [1.807, 2.05) is 30.3 Å². The highest BCUT2D eigenvalue weighted by Gasteiger charge is 2.17. The van der Waals surface area contributed by atoms with Gasteiger partial charge in [-0.2, -0.15) is 0 Å². The number of nitrogens with one attached hydrogen (secondary N) is 1. The summed E-state index contributed by atoms with van der Waals surface area (Å²) in [6, 6.07) is 23.2. The molecule has 1 unspecified atom stereocenters. The molecule has 0 fully saturated rings. The average molecular weight is 442 g/mol. The van der Waals surface area contributed by atoms with Crippen LogP contribution in [0.3, 0.4) is 0 Å². The van der Waals surface area contributed by atoms with Gasteiger partial charge in [0.05, 0.1) is 22.2 Å². The van der Waals surface area contributed by atoms with Crippen LogP contribution in [0.25, 0.3) is 0 Å². The van der Waals surface area contributed by atoms with Crippen molar-refractivity contribution in [3.05, 3.63) is 106 Å². The average Bonchev–Trinajstić information content (AvgIpc) is 2.79. The van der Waals surface area contributed by atoms with Gasteiger partial charge in [-0.1, -0.05) is 65.7 Å². The van der Waals surface area contributed by atoms with Gasteiger partial charge in [0.2, 0.25) is 0 Å². The van der Waals surface area contributed by atoms with E-state index in [9.17, 15) is 9.59 Å². The second-order valence-corrected chi connectivity index (χ2v) is 7.55. The Morgan fingerprint density at radius 2 is 1.47 bits per heavy atom. The summed E-state index contributed by atoms with van der Waals surface area (Å²) in [7, 11) is 0. The molecule has 4 nitrogen and oxygen atoms in total. The van der Waals surface area contributed by atoms with Crippen LogP contribution in [-0.4, -0.2) is 25.0 Å². The van der Waals surface area contributed by atoms with Crippen LogP contribution in [0.5, 0.6) is 0 Å². The first-order chi connectivity index (χ1) is 14.5. The first-order valence-corrected chi connectivity index (χ1v) is 10.3. The molecule has 1 amide bonds. The van der Waals surface area contributed by atoms with Gasteiger partial charge in [0.1, 0.15) is 0 Å². The van der Waals surface area contributed by atoms with Crippen molar-refractivity contribution in [3.8, 4) is 0 Å². The molecule has 0 saturated carbocycles. The Bertz CT molecular complexity index is 994. The van der Waals surface area contributed by atoms with Crippen LogP contribution in [0, 0.1) is 0 Å². The number of carbonyl (C=O) groups excluding carboxylic acids is 2. The summed E-state index contributed by atoms with van der Waals surface area (Å²) in [6.07, 6.45) is 0.519. The third-order valence-electron chi connectivity index (χ3n) is 4.67. The second-order valence-electron chi connectivity index (χ2n) is 6.74. The first-order valence-electron chi connectivity index (χ1n) is 9.55. The topological polar surface area (TPSA) is 55.4 Å². The zero-order valence-electron chi connectivity index (χ0n) is 16.2. The van der Waals surface area contributed by atoms with Gasteiger partial charge < -0.3 is 10.1 Å². The summed E-state index contributed by atoms with van der Waals surface area (Å²) in [6.45, 7) is 0.578. The van der Waals surface area contributed by atoms with Gasteiger partial charge in [-0.3, -0.25) is 4.79 Å². The molecule has 0 aromatic heterocycles. The monoisotopic (exact) mass is 441 g/mol. The van der Waals surface area contributed by atoms with Crippen LogP contribution in [-0.2, 0) is 4.74 Å². The Morgan fingerprint density at radius 1 is 0.833 bits per heavy atom. The molecule has 0 aliphatic carbocycles. The highest BCUT2D eigenvalue weighted by atomic mass is 35.5. The van der Waals surface area contributed by atoms with Crippen molar-refractivity contribution in [2.45, 2.75) is 12.3 Å². The molecule has 0 aliphatic rings. The summed E-state index contributed by atoms with van der Waals surface area (Å²) in [4.78, 5) is 24.6. The lowest BCUT2D eigenvalue weighted by atomic mass is 9.95. The van der Waals surface area contributed by atoms with Crippen LogP contribution in [0.2, 0.25) is 10.0 Å². The van der Waals surface area contributed by atoms with Crippen molar-refractivity contribution in [2.24, 2.45) is 0 Å². The van der Waals surface area contributed by atoms with Gasteiger partial charge in [-0.05, 0) is 48.4 Å². The molecule has 1 atom stereocenters. The summed E-state index contributed by atoms with van der Waals surface area (Å²) < 4.78 is 5.41. The van der Waals surface area contributed by atoms with Gasteiger partial charge >= 0.3 is 5.97 Å². The Morgan fingerprint density at radius 3 is 2.10 bits per heavy atom. The molecule has 0 radical (unpaired) electrons. The van der Waals surface area contributed by atoms with Crippen molar-refractivity contribution in [1.29, 1.82) is 0 Å². The van der Waals surface area contributed by atoms with Crippen LogP contribution < -0.4 is 5.32 Å². The minimum Gasteiger partial charge on any atom is -0.462 e. The van der Waals surface area contributed by atoms with Gasteiger partial charge in [0.15, 0.2) is 0 Å². The van der Waals surface area contributed by atoms with Crippen LogP contribution in [0.4, 0.5) is 0 Å². The third-order valence-corrected chi connectivity index (χ3v) is 5.41. The van der Waals surface area contributed by atoms with E-state index < -0.39 is 0 Å². The largest absolute Gasteiger partial charge is 0.462 e. The van der Waals surface area contributed by atoms with E-state index >= 15 is 0 Å². The quantitative estimate of drug-likeness (QED) is 0.452. The lowest BCUT2D eigenvalue weighted by molar-refractivity contribution is 0.0491. The van der Waals surface area contributed by atoms with E-state index in [2.05, 4.69) is 5.32 Å². The standard InChI is InChI=1S/C24H21Cl2NO3/c25-21-12-11-19(15-22(21)26)20(16-27-23(28)17-7-3-1-4-8-17)13-14-30-24(29)18-9-5-2-6-10-18/h1-12,15,20H,13-14,16H2,(H,27,28). The lowest BCUT2D eigenvalue weighted by Crippen LogP contribution is -2.29. The molecular weight excluding hydrogens is 421 g/mol. The van der Waals surface area contributed by atoms with Crippen molar-refractivity contribution in [3.63, 3.8) is 0 Å². The van der Waals surface area contributed by atoms with E-state index in [0.717, 1.165) is 5.56 Å². The molecule has 3 aromatic carbocycles. The summed E-state index contributed by atoms with van der Waals surface area (Å²) in [5.41, 5.74) is 2.00. The zero-order valence-corrected chi connectivity index (χ0v) is 17.7. The number of benzene rings is 3. The molecule has 0 spiro atoms. The fourth-order valence-electron chi connectivity index (χ4n) is 3.01. The van der Waals surface area contributed by atoms with Crippen LogP contribution in [0.1, 0.15) is 38.6 Å². The van der Waals surface area contributed by atoms with Gasteiger partial charge in [-0.25, -0.2) is 4.79 Å². The smallest absolute Gasteiger partial charge is 0.338 e. The maximum Gasteiger partial charge on any atom is 0.338 e. The van der Waals surface area contributed by atoms with Gasteiger partial charge in [0, 0.05) is 18.0 Å². The molecule has 0 aliphatic heterocycles. The third kappa shape index (κ3) is 6.09. The Balaban J connectivity index is 1.65. The minimum absolute atomic E-state index is 0.101. The van der Waals surface area contributed by atoms with Crippen molar-refractivity contribution < 1.29 is 14.3 Å². The Hall–Kier alpha value is -2.82. The second kappa shape index (κ2) is 10.8. The summed E-state index contributed by atoms with van der Waals surface area (Å²) in [5.74, 6) is -0.644. The molecule has 1 N–H and O–H groups in total. The SMILES string of the molecule is O=C(NCC(CCOC(=O)c1ccccc1)c1ccc(Cl)c(Cl)c1)c1ccccc1. The number of esters is 1. The molecule has 6 heteroatoms. The number of rotatable bonds is 8. The number of amides is 1. The summed E-state index contributed by atoms with van der Waals surface area (Å²) in [5, 5.41) is 3.85. The summed E-state index contributed by atoms with van der Waals surface area (Å²) >= 11 is 12.2. The minimum atomic E-state index is -0.378. The van der Waals surface area contributed by atoms with Crippen molar-refractivity contribution >= 4 is 35.1 Å². The zero-order chi connectivity index (χ0) is 21.3. The van der Waals surface area contributed by atoms with Gasteiger partial charge in [0.25, 0.3) is 5.91 Å². The number of ether oxygens (including phenoxy) is 1. The highest BCUT2D eigenvalue weighted by Crippen LogP contribution is 2.28. The first kappa shape index (κ1) is 21.9. The molecule has 0 heterocycles. The molecule has 0 saturated heterocycles. The fraction of sp³-hybridized carbons (Fsp3) is 0.167. The number of hydrogen-bond donors (Lipinski definition) is 1. The van der Waals surface area contributed by atoms with Crippen molar-refractivity contribution in [1.82, 2.24) is 5.32 Å². The lowest BCUT2D eigenvalue weighted by Gasteiger charge is -2.19. The van der Waals surface area contributed by atoms with Gasteiger partial charge in [-0.15, -0.1) is 0 Å². The van der Waals surface area contributed by atoms with E-state index in [1.54, 1.807) is 48.5 Å². The maximum absolute atomic E-state index is 12.4. The molecule has 0 bridgehead atoms. The Labute approximate surface area is 185 Å².